The van der Waals surface area contributed by atoms with Crippen molar-refractivity contribution in [2.24, 2.45) is 0 Å². The molecule has 4 nitrogen and oxygen atoms in total. The molecular weight excluding hydrogens is 281 g/mol. The number of halogens is 3. The molecule has 1 atom stereocenters. The molecule has 0 saturated carbocycles. The van der Waals surface area contributed by atoms with Crippen LogP contribution in [0.3, 0.4) is 0 Å². The van der Waals surface area contributed by atoms with E-state index >= 15 is 0 Å². The fourth-order valence-electron chi connectivity index (χ4n) is 1.47. The minimum Gasteiger partial charge on any atom is -0.475 e. The van der Waals surface area contributed by atoms with Gasteiger partial charge in [-0.25, -0.2) is 9.78 Å². The lowest BCUT2D eigenvalue weighted by Gasteiger charge is -2.27. The van der Waals surface area contributed by atoms with Crippen LogP contribution in [0.15, 0.2) is 5.51 Å². The van der Waals surface area contributed by atoms with Crippen LogP contribution in [-0.4, -0.2) is 34.8 Å². The van der Waals surface area contributed by atoms with E-state index in [0.29, 0.717) is 0 Å². The highest BCUT2D eigenvalue weighted by Gasteiger charge is 2.38. The molecule has 1 unspecified atom stereocenters. The number of carboxylic acid groups (broad SMARTS) is 1. The Morgan fingerprint density at radius 1 is 1.63 bits per heavy atom. The monoisotopic (exact) mass is 296 g/mol. The van der Waals surface area contributed by atoms with Crippen molar-refractivity contribution in [2.45, 2.75) is 38.4 Å². The van der Waals surface area contributed by atoms with E-state index in [0.717, 1.165) is 6.04 Å². The van der Waals surface area contributed by atoms with Gasteiger partial charge < -0.3 is 10.4 Å². The first-order chi connectivity index (χ1) is 8.80. The number of nitrogens with zero attached hydrogens (tertiary/aromatic N) is 1. The lowest BCUT2D eigenvalue weighted by Crippen LogP contribution is -2.42. The first-order valence-electron chi connectivity index (χ1n) is 5.73. The molecule has 1 aliphatic heterocycles. The van der Waals surface area contributed by atoms with Gasteiger partial charge in [0.15, 0.2) is 0 Å². The van der Waals surface area contributed by atoms with Gasteiger partial charge in [0, 0.05) is 10.9 Å². The van der Waals surface area contributed by atoms with Gasteiger partial charge in [-0.05, 0) is 32.7 Å². The van der Waals surface area contributed by atoms with E-state index in [1.807, 2.05) is 5.51 Å². The average molecular weight is 296 g/mol. The van der Waals surface area contributed by atoms with Crippen LogP contribution in [0.1, 0.15) is 23.4 Å². The summed E-state index contributed by atoms with van der Waals surface area (Å²) < 4.78 is 31.7. The van der Waals surface area contributed by atoms with Gasteiger partial charge in [-0.2, -0.15) is 13.2 Å². The zero-order valence-corrected chi connectivity index (χ0v) is 11.1. The molecule has 0 radical (unpaired) electrons. The fraction of sp³-hybridized carbons (Fsp3) is 0.636. The summed E-state index contributed by atoms with van der Waals surface area (Å²) in [6.07, 6.45) is -1.24. The number of hydrogen-bond donors (Lipinski definition) is 2. The van der Waals surface area contributed by atoms with Crippen LogP contribution in [0.5, 0.6) is 0 Å². The van der Waals surface area contributed by atoms with Gasteiger partial charge in [-0.15, -0.1) is 11.3 Å². The Kier molecular flexibility index (Phi) is 5.74. The van der Waals surface area contributed by atoms with Crippen LogP contribution < -0.4 is 5.32 Å². The number of aryl methyl sites for hydroxylation is 2. The number of aliphatic carboxylic acids is 1. The maximum atomic E-state index is 10.6. The zero-order valence-electron chi connectivity index (χ0n) is 10.3. The standard InChI is InChI=1S/C9H14N2S.C2HF3O2/c1-7-9(12-6-11-7)3-2-8-4-5-10-8;3-2(4,5)1(6)7/h6,8,10H,2-5H2,1H3;(H,6,7). The van der Waals surface area contributed by atoms with Gasteiger partial charge in [-0.1, -0.05) is 0 Å². The van der Waals surface area contributed by atoms with E-state index in [9.17, 15) is 13.2 Å². The van der Waals surface area contributed by atoms with Crippen LogP contribution in [0.2, 0.25) is 0 Å². The predicted molar refractivity (Wildman–Crippen MR) is 65.3 cm³/mol. The van der Waals surface area contributed by atoms with Gasteiger partial charge in [0.05, 0.1) is 11.2 Å². The number of alkyl halides is 3. The molecule has 2 N–H and O–H groups in total. The molecule has 2 heterocycles. The largest absolute Gasteiger partial charge is 0.490 e. The van der Waals surface area contributed by atoms with Crippen molar-refractivity contribution in [1.29, 1.82) is 0 Å². The van der Waals surface area contributed by atoms with Crippen molar-refractivity contribution in [3.8, 4) is 0 Å². The Morgan fingerprint density at radius 2 is 2.21 bits per heavy atom. The Balaban J connectivity index is 0.000000224. The number of nitrogens with one attached hydrogen (secondary N) is 1. The van der Waals surface area contributed by atoms with Crippen molar-refractivity contribution in [2.75, 3.05) is 6.54 Å². The Morgan fingerprint density at radius 3 is 2.53 bits per heavy atom. The van der Waals surface area contributed by atoms with Gasteiger partial charge >= 0.3 is 12.1 Å². The minimum absolute atomic E-state index is 0.784. The fourth-order valence-corrected chi connectivity index (χ4v) is 2.26. The van der Waals surface area contributed by atoms with Crippen LogP contribution >= 0.6 is 11.3 Å². The van der Waals surface area contributed by atoms with E-state index in [-0.39, 0.29) is 0 Å². The molecule has 8 heteroatoms. The molecular formula is C11H15F3N2O2S. The summed E-state index contributed by atoms with van der Waals surface area (Å²) in [7, 11) is 0. The Bertz CT molecular complexity index is 416. The van der Waals surface area contributed by atoms with E-state index in [1.54, 1.807) is 11.3 Å². The maximum Gasteiger partial charge on any atom is 0.490 e. The van der Waals surface area contributed by atoms with E-state index in [4.69, 9.17) is 9.90 Å². The molecule has 1 aliphatic rings. The topological polar surface area (TPSA) is 62.2 Å². The van der Waals surface area contributed by atoms with Gasteiger partial charge in [0.2, 0.25) is 0 Å². The molecule has 1 aromatic heterocycles. The first kappa shape index (κ1) is 15.9. The molecule has 0 aliphatic carbocycles. The van der Waals surface area contributed by atoms with E-state index in [2.05, 4.69) is 17.2 Å². The molecule has 0 bridgehead atoms. The molecule has 19 heavy (non-hydrogen) atoms. The van der Waals surface area contributed by atoms with Crippen molar-refractivity contribution in [3.05, 3.63) is 16.1 Å². The van der Waals surface area contributed by atoms with Crippen LogP contribution in [-0.2, 0) is 11.2 Å². The molecule has 2 rings (SSSR count). The molecule has 108 valence electrons. The second kappa shape index (κ2) is 6.85. The Labute approximate surface area is 112 Å². The van der Waals surface area contributed by atoms with Gasteiger partial charge in [0.25, 0.3) is 0 Å². The second-order valence-corrected chi connectivity index (χ2v) is 5.08. The van der Waals surface area contributed by atoms with Crippen molar-refractivity contribution in [1.82, 2.24) is 10.3 Å². The normalized spacial score (nSPS) is 18.2. The number of carboxylic acids is 1. The van der Waals surface area contributed by atoms with Gasteiger partial charge in [0.1, 0.15) is 0 Å². The van der Waals surface area contributed by atoms with Crippen molar-refractivity contribution in [3.63, 3.8) is 0 Å². The molecule has 0 amide bonds. The van der Waals surface area contributed by atoms with Gasteiger partial charge in [-0.3, -0.25) is 0 Å². The highest BCUT2D eigenvalue weighted by Crippen LogP contribution is 2.17. The average Bonchev–Trinajstić information content (AvgIpc) is 2.61. The highest BCUT2D eigenvalue weighted by atomic mass is 32.1. The van der Waals surface area contributed by atoms with Crippen LogP contribution in [0.4, 0.5) is 13.2 Å². The Hall–Kier alpha value is -1.15. The molecule has 1 aromatic rings. The maximum absolute atomic E-state index is 10.6. The number of aromatic nitrogens is 1. The summed E-state index contributed by atoms with van der Waals surface area (Å²) in [5, 5.41) is 10.5. The summed E-state index contributed by atoms with van der Waals surface area (Å²) in [6.45, 7) is 3.31. The number of carbonyl (C=O) groups is 1. The predicted octanol–water partition coefficient (Wildman–Crippen LogP) is 2.38. The van der Waals surface area contributed by atoms with E-state index in [1.165, 1.54) is 36.4 Å². The van der Waals surface area contributed by atoms with E-state index < -0.39 is 12.1 Å². The van der Waals surface area contributed by atoms with Crippen LogP contribution in [0.25, 0.3) is 0 Å². The van der Waals surface area contributed by atoms with Crippen molar-refractivity contribution >= 4 is 17.3 Å². The summed E-state index contributed by atoms with van der Waals surface area (Å²) in [4.78, 5) is 14.6. The summed E-state index contributed by atoms with van der Waals surface area (Å²) in [6, 6.07) is 0.784. The second-order valence-electron chi connectivity index (χ2n) is 4.14. The zero-order chi connectivity index (χ0) is 14.5. The number of hydrogen-bond acceptors (Lipinski definition) is 4. The lowest BCUT2D eigenvalue weighted by molar-refractivity contribution is -0.192. The van der Waals surface area contributed by atoms with Crippen molar-refractivity contribution < 1.29 is 23.1 Å². The molecule has 1 fully saturated rings. The molecule has 1 saturated heterocycles. The molecule has 0 aromatic carbocycles. The lowest BCUT2D eigenvalue weighted by atomic mass is 10.0. The molecule has 0 spiro atoms. The third-order valence-corrected chi connectivity index (χ3v) is 3.73. The SMILES string of the molecule is Cc1ncsc1CCC1CCN1.O=C(O)C(F)(F)F. The number of thiazole rings is 1. The third kappa shape index (κ3) is 5.56. The smallest absolute Gasteiger partial charge is 0.475 e. The summed E-state index contributed by atoms with van der Waals surface area (Å²) >= 11 is 1.79. The van der Waals surface area contributed by atoms with Crippen LogP contribution in [0, 0.1) is 6.92 Å². The third-order valence-electron chi connectivity index (χ3n) is 2.73. The summed E-state index contributed by atoms with van der Waals surface area (Å²) in [5.41, 5.74) is 3.16. The minimum atomic E-state index is -5.08. The first-order valence-corrected chi connectivity index (χ1v) is 6.61. The number of rotatable bonds is 3. The quantitative estimate of drug-likeness (QED) is 0.899. The highest BCUT2D eigenvalue weighted by molar-refractivity contribution is 7.09. The summed E-state index contributed by atoms with van der Waals surface area (Å²) in [5.74, 6) is -2.76.